The van der Waals surface area contributed by atoms with Crippen molar-refractivity contribution in [2.45, 2.75) is 6.92 Å². The number of nitrogens with one attached hydrogen (secondary N) is 1. The second-order valence-electron chi connectivity index (χ2n) is 3.60. The summed E-state index contributed by atoms with van der Waals surface area (Å²) in [5.41, 5.74) is 0.285. The van der Waals surface area contributed by atoms with Gasteiger partial charge in [-0.15, -0.1) is 0 Å². The van der Waals surface area contributed by atoms with Crippen molar-refractivity contribution in [3.8, 4) is 6.07 Å². The Morgan fingerprint density at radius 1 is 1.28 bits per heavy atom. The number of aryl methyl sites for hydroxylation is 1. The van der Waals surface area contributed by atoms with Gasteiger partial charge in [0, 0.05) is 17.8 Å². The maximum absolute atomic E-state index is 13.6. The molecule has 6 heteroatoms. The van der Waals surface area contributed by atoms with Crippen molar-refractivity contribution in [3.63, 3.8) is 0 Å². The van der Waals surface area contributed by atoms with Crippen LogP contribution in [0.3, 0.4) is 0 Å². The lowest BCUT2D eigenvalue weighted by Crippen LogP contribution is -2.00. The molecular formula is C12H8F2N4. The molecule has 1 aromatic carbocycles. The van der Waals surface area contributed by atoms with Crippen LogP contribution in [0.4, 0.5) is 20.3 Å². The topological polar surface area (TPSA) is 61.6 Å². The molecule has 0 saturated carbocycles. The van der Waals surface area contributed by atoms with Crippen LogP contribution in [0.25, 0.3) is 0 Å². The zero-order chi connectivity index (χ0) is 13.1. The summed E-state index contributed by atoms with van der Waals surface area (Å²) in [5, 5.41) is 11.2. The Morgan fingerprint density at radius 3 is 2.72 bits per heavy atom. The number of hydrogen-bond acceptors (Lipinski definition) is 4. The van der Waals surface area contributed by atoms with Crippen molar-refractivity contribution in [3.05, 3.63) is 47.4 Å². The van der Waals surface area contributed by atoms with Gasteiger partial charge in [-0.05, 0) is 13.0 Å². The lowest BCUT2D eigenvalue weighted by atomic mass is 10.2. The Balaban J connectivity index is 2.39. The molecule has 0 bridgehead atoms. The van der Waals surface area contributed by atoms with Crippen LogP contribution in [0.2, 0.25) is 0 Å². The van der Waals surface area contributed by atoms with E-state index in [4.69, 9.17) is 5.26 Å². The molecule has 1 aromatic heterocycles. The summed E-state index contributed by atoms with van der Waals surface area (Å²) in [6, 6.07) is 3.34. The summed E-state index contributed by atoms with van der Waals surface area (Å²) in [6.45, 7) is 1.74. The van der Waals surface area contributed by atoms with Gasteiger partial charge in [-0.2, -0.15) is 5.26 Å². The minimum absolute atomic E-state index is 0.0756. The number of hydrogen-bond donors (Lipinski definition) is 1. The largest absolute Gasteiger partial charge is 0.337 e. The van der Waals surface area contributed by atoms with E-state index in [1.807, 2.05) is 0 Å². The minimum atomic E-state index is -0.784. The summed E-state index contributed by atoms with van der Waals surface area (Å²) < 4.78 is 27.0. The molecule has 18 heavy (non-hydrogen) atoms. The predicted molar refractivity (Wildman–Crippen MR) is 61.1 cm³/mol. The predicted octanol–water partition coefficient (Wildman–Crippen LogP) is 2.68. The third-order valence-corrected chi connectivity index (χ3v) is 2.33. The second kappa shape index (κ2) is 4.75. The normalized spacial score (nSPS) is 9.89. The molecule has 2 rings (SSSR count). The highest BCUT2D eigenvalue weighted by molar-refractivity contribution is 5.60. The fourth-order valence-corrected chi connectivity index (χ4v) is 1.39. The van der Waals surface area contributed by atoms with Gasteiger partial charge in [0.1, 0.15) is 29.8 Å². The molecule has 0 atom stereocenters. The maximum atomic E-state index is 13.6. The van der Waals surface area contributed by atoms with Gasteiger partial charge in [0.2, 0.25) is 0 Å². The van der Waals surface area contributed by atoms with Crippen LogP contribution in [0.15, 0.2) is 24.7 Å². The first-order valence-electron chi connectivity index (χ1n) is 5.04. The Labute approximate surface area is 102 Å². The van der Waals surface area contributed by atoms with Gasteiger partial charge in [-0.3, -0.25) is 0 Å². The third kappa shape index (κ3) is 2.25. The molecule has 0 aliphatic rings. The van der Waals surface area contributed by atoms with Gasteiger partial charge in [0.25, 0.3) is 0 Å². The molecule has 0 spiro atoms. The smallest absolute Gasteiger partial charge is 0.148 e. The molecule has 1 heterocycles. The number of rotatable bonds is 2. The van der Waals surface area contributed by atoms with E-state index in [2.05, 4.69) is 15.3 Å². The van der Waals surface area contributed by atoms with Gasteiger partial charge in [-0.25, -0.2) is 18.7 Å². The molecule has 4 nitrogen and oxygen atoms in total. The Bertz CT molecular complexity index is 634. The zero-order valence-corrected chi connectivity index (χ0v) is 9.41. The van der Waals surface area contributed by atoms with Crippen LogP contribution >= 0.6 is 0 Å². The van der Waals surface area contributed by atoms with E-state index in [1.165, 1.54) is 6.33 Å². The lowest BCUT2D eigenvalue weighted by Gasteiger charge is -2.09. The number of aromatic nitrogens is 2. The maximum Gasteiger partial charge on any atom is 0.148 e. The molecule has 90 valence electrons. The summed E-state index contributed by atoms with van der Waals surface area (Å²) in [6.07, 6.45) is 2.85. The van der Waals surface area contributed by atoms with Crippen molar-refractivity contribution in [1.29, 1.82) is 5.26 Å². The first kappa shape index (κ1) is 11.9. The van der Waals surface area contributed by atoms with Crippen molar-refractivity contribution in [2.75, 3.05) is 5.32 Å². The lowest BCUT2D eigenvalue weighted by molar-refractivity contribution is 0.600. The fourth-order valence-electron chi connectivity index (χ4n) is 1.39. The molecule has 0 unspecified atom stereocenters. The molecular weight excluding hydrogens is 238 g/mol. The van der Waals surface area contributed by atoms with Crippen LogP contribution in [0, 0.1) is 29.9 Å². The molecule has 0 aliphatic heterocycles. The van der Waals surface area contributed by atoms with Gasteiger partial charge < -0.3 is 5.32 Å². The summed E-state index contributed by atoms with van der Waals surface area (Å²) in [7, 11) is 0. The molecule has 0 radical (unpaired) electrons. The number of halogens is 2. The summed E-state index contributed by atoms with van der Waals surface area (Å²) in [5.74, 6) is -1.12. The highest BCUT2D eigenvalue weighted by atomic mass is 19.1. The zero-order valence-electron chi connectivity index (χ0n) is 9.41. The van der Waals surface area contributed by atoms with Crippen LogP contribution < -0.4 is 5.32 Å². The Hall–Kier alpha value is -2.55. The molecule has 2 aromatic rings. The summed E-state index contributed by atoms with van der Waals surface area (Å²) in [4.78, 5) is 7.70. The monoisotopic (exact) mass is 246 g/mol. The highest BCUT2D eigenvalue weighted by Gasteiger charge is 2.11. The second-order valence-corrected chi connectivity index (χ2v) is 3.60. The van der Waals surface area contributed by atoms with Gasteiger partial charge >= 0.3 is 0 Å². The Kier molecular flexibility index (Phi) is 3.15. The van der Waals surface area contributed by atoms with E-state index in [9.17, 15) is 8.78 Å². The van der Waals surface area contributed by atoms with Gasteiger partial charge in [0.15, 0.2) is 0 Å². The fraction of sp³-hybridized carbons (Fsp3) is 0.0833. The number of nitrogens with zero attached hydrogens (tertiary/aromatic N) is 3. The van der Waals surface area contributed by atoms with E-state index in [0.29, 0.717) is 11.4 Å². The molecule has 0 amide bonds. The van der Waals surface area contributed by atoms with Gasteiger partial charge in [0.05, 0.1) is 11.3 Å². The molecule has 1 N–H and O–H groups in total. The van der Waals surface area contributed by atoms with Crippen molar-refractivity contribution in [1.82, 2.24) is 9.97 Å². The standard InChI is InChI=1S/C12H8F2N4/c1-7-5-16-6-17-12(7)18-11-3-9(13)8(4-15)2-10(11)14/h2-3,5-6H,1H3,(H,16,17,18). The number of nitriles is 1. The summed E-state index contributed by atoms with van der Waals surface area (Å²) >= 11 is 0. The van der Waals surface area contributed by atoms with E-state index in [0.717, 1.165) is 12.1 Å². The van der Waals surface area contributed by atoms with Crippen LogP contribution in [0.1, 0.15) is 11.1 Å². The van der Waals surface area contributed by atoms with E-state index in [1.54, 1.807) is 19.2 Å². The van der Waals surface area contributed by atoms with Crippen molar-refractivity contribution < 1.29 is 8.78 Å². The highest BCUT2D eigenvalue weighted by Crippen LogP contribution is 2.23. The first-order valence-corrected chi connectivity index (χ1v) is 5.04. The van der Waals surface area contributed by atoms with Crippen LogP contribution in [0.5, 0.6) is 0 Å². The Morgan fingerprint density at radius 2 is 2.06 bits per heavy atom. The average molecular weight is 246 g/mol. The average Bonchev–Trinajstić information content (AvgIpc) is 2.36. The third-order valence-electron chi connectivity index (χ3n) is 2.33. The van der Waals surface area contributed by atoms with Gasteiger partial charge in [-0.1, -0.05) is 0 Å². The molecule has 0 saturated heterocycles. The van der Waals surface area contributed by atoms with E-state index < -0.39 is 11.6 Å². The van der Waals surface area contributed by atoms with E-state index >= 15 is 0 Å². The quantitative estimate of drug-likeness (QED) is 0.884. The number of anilines is 2. The van der Waals surface area contributed by atoms with Crippen LogP contribution in [-0.2, 0) is 0 Å². The molecule has 0 fully saturated rings. The van der Waals surface area contributed by atoms with E-state index in [-0.39, 0.29) is 11.3 Å². The van der Waals surface area contributed by atoms with Crippen molar-refractivity contribution in [2.24, 2.45) is 0 Å². The van der Waals surface area contributed by atoms with Crippen LogP contribution in [-0.4, -0.2) is 9.97 Å². The minimum Gasteiger partial charge on any atom is -0.337 e. The molecule has 0 aliphatic carbocycles. The van der Waals surface area contributed by atoms with Crippen molar-refractivity contribution >= 4 is 11.5 Å². The number of benzene rings is 1. The SMILES string of the molecule is Cc1cncnc1Nc1cc(F)c(C#N)cc1F. The first-order chi connectivity index (χ1) is 8.61.